The van der Waals surface area contributed by atoms with Gasteiger partial charge in [-0.1, -0.05) is 0 Å². The lowest BCUT2D eigenvalue weighted by atomic mass is 10.1. The molecule has 0 amide bonds. The Balaban J connectivity index is 1.66. The lowest BCUT2D eigenvalue weighted by molar-refractivity contribution is -0.143. The molecule has 2 fully saturated rings. The van der Waals surface area contributed by atoms with E-state index in [1.807, 2.05) is 0 Å². The summed E-state index contributed by atoms with van der Waals surface area (Å²) in [5.41, 5.74) is 0. The van der Waals surface area contributed by atoms with E-state index in [9.17, 15) is 21.6 Å². The van der Waals surface area contributed by atoms with Gasteiger partial charge in [-0.3, -0.25) is 9.89 Å². The van der Waals surface area contributed by atoms with Gasteiger partial charge < -0.3 is 15.4 Å². The van der Waals surface area contributed by atoms with E-state index < -0.39 is 22.7 Å². The van der Waals surface area contributed by atoms with Gasteiger partial charge in [0, 0.05) is 45.9 Å². The average Bonchev–Trinajstić information content (AvgIpc) is 3.05. The fourth-order valence-corrected chi connectivity index (χ4v) is 4.25. The third-order valence-corrected chi connectivity index (χ3v) is 6.06. The molecule has 28 heavy (non-hydrogen) atoms. The van der Waals surface area contributed by atoms with E-state index in [-0.39, 0.29) is 37.5 Å². The highest BCUT2D eigenvalue weighted by Crippen LogP contribution is 2.19. The Bertz CT molecular complexity index is 609. The maximum absolute atomic E-state index is 12.5. The van der Waals surface area contributed by atoms with Crippen LogP contribution in [0.2, 0.25) is 0 Å². The second-order valence-electron chi connectivity index (χ2n) is 7.14. The van der Waals surface area contributed by atoms with Gasteiger partial charge in [-0.25, -0.2) is 13.1 Å². The molecule has 2 heterocycles. The van der Waals surface area contributed by atoms with Crippen LogP contribution < -0.4 is 15.4 Å². The number of alkyl halides is 3. The minimum Gasteiger partial charge on any atom is -0.377 e. The van der Waals surface area contributed by atoms with Crippen molar-refractivity contribution in [3.8, 4) is 0 Å². The van der Waals surface area contributed by atoms with Gasteiger partial charge in [-0.2, -0.15) is 13.2 Å². The third kappa shape index (κ3) is 8.93. The molecule has 8 nitrogen and oxygen atoms in total. The Morgan fingerprint density at radius 3 is 2.71 bits per heavy atom. The molecule has 0 saturated carbocycles. The molecule has 3 N–H and O–H groups in total. The molecule has 0 bridgehead atoms. The number of aliphatic imine (C=N–C) groups is 1. The summed E-state index contributed by atoms with van der Waals surface area (Å²) in [6.45, 7) is 0.770. The second-order valence-corrected chi connectivity index (χ2v) is 9.06. The van der Waals surface area contributed by atoms with E-state index in [1.165, 1.54) is 11.9 Å². The zero-order valence-electron chi connectivity index (χ0n) is 16.1. The van der Waals surface area contributed by atoms with E-state index in [0.717, 1.165) is 19.3 Å². The van der Waals surface area contributed by atoms with Crippen molar-refractivity contribution >= 4 is 16.0 Å². The molecule has 2 atom stereocenters. The summed E-state index contributed by atoms with van der Waals surface area (Å²) < 4.78 is 69.6. The predicted molar refractivity (Wildman–Crippen MR) is 101 cm³/mol. The zero-order valence-corrected chi connectivity index (χ0v) is 16.9. The van der Waals surface area contributed by atoms with Crippen LogP contribution in [-0.2, 0) is 14.8 Å². The lowest BCUT2D eigenvalue weighted by Crippen LogP contribution is -2.47. The van der Waals surface area contributed by atoms with Gasteiger partial charge in [-0.15, -0.1) is 0 Å². The fourth-order valence-electron chi connectivity index (χ4n) is 3.30. The Labute approximate surface area is 164 Å². The number of hydrogen-bond donors (Lipinski definition) is 3. The second kappa shape index (κ2) is 10.6. The topological polar surface area (TPSA) is 95.1 Å². The van der Waals surface area contributed by atoms with Gasteiger partial charge in [-0.05, 0) is 25.7 Å². The summed E-state index contributed by atoms with van der Waals surface area (Å²) in [6.07, 6.45) is -0.819. The molecule has 0 aromatic heterocycles. The average molecular weight is 430 g/mol. The maximum Gasteiger partial charge on any atom is 0.401 e. The largest absolute Gasteiger partial charge is 0.401 e. The van der Waals surface area contributed by atoms with Gasteiger partial charge in [0.1, 0.15) is 0 Å². The molecule has 2 aliphatic heterocycles. The van der Waals surface area contributed by atoms with Crippen molar-refractivity contribution in [3.05, 3.63) is 0 Å². The van der Waals surface area contributed by atoms with E-state index in [1.54, 1.807) is 0 Å². The molecule has 0 aromatic rings. The molecule has 2 aliphatic rings. The Morgan fingerprint density at radius 1 is 1.29 bits per heavy atom. The SMILES string of the molecule is CN=C(NCCS(=O)(=O)NCC1CCCCO1)NC1CCN(CC(F)(F)F)C1. The first kappa shape index (κ1) is 23.2. The number of sulfonamides is 1. The molecular formula is C16H30F3N5O3S. The Hall–Kier alpha value is -1.11. The highest BCUT2D eigenvalue weighted by molar-refractivity contribution is 7.89. The Kier molecular flexibility index (Phi) is 8.78. The number of guanidine groups is 1. The molecule has 2 unspecified atom stereocenters. The van der Waals surface area contributed by atoms with Crippen LogP contribution in [0.1, 0.15) is 25.7 Å². The molecule has 0 aromatic carbocycles. The quantitative estimate of drug-likeness (QED) is 0.379. The first-order valence-corrected chi connectivity index (χ1v) is 11.2. The van der Waals surface area contributed by atoms with Crippen LogP contribution in [0.5, 0.6) is 0 Å². The maximum atomic E-state index is 12.5. The number of nitrogens with zero attached hydrogens (tertiary/aromatic N) is 2. The van der Waals surface area contributed by atoms with E-state index in [2.05, 4.69) is 20.3 Å². The lowest BCUT2D eigenvalue weighted by Gasteiger charge is -2.22. The summed E-state index contributed by atoms with van der Waals surface area (Å²) in [7, 11) is -1.92. The summed E-state index contributed by atoms with van der Waals surface area (Å²) in [6, 6.07) is -0.160. The fraction of sp³-hybridized carbons (Fsp3) is 0.938. The van der Waals surface area contributed by atoms with Crippen LogP contribution in [0, 0.1) is 0 Å². The molecule has 0 spiro atoms. The van der Waals surface area contributed by atoms with E-state index in [4.69, 9.17) is 4.74 Å². The first-order valence-electron chi connectivity index (χ1n) is 9.52. The molecular weight excluding hydrogens is 399 g/mol. The Morgan fingerprint density at radius 2 is 2.07 bits per heavy atom. The van der Waals surface area contributed by atoms with Crippen molar-refractivity contribution in [1.29, 1.82) is 0 Å². The minimum absolute atomic E-state index is 0.0760. The number of ether oxygens (including phenoxy) is 1. The molecule has 12 heteroatoms. The van der Waals surface area contributed by atoms with E-state index >= 15 is 0 Å². The summed E-state index contributed by atoms with van der Waals surface area (Å²) >= 11 is 0. The van der Waals surface area contributed by atoms with Crippen molar-refractivity contribution < 1.29 is 26.3 Å². The van der Waals surface area contributed by atoms with Gasteiger partial charge >= 0.3 is 6.18 Å². The highest BCUT2D eigenvalue weighted by Gasteiger charge is 2.34. The third-order valence-electron chi connectivity index (χ3n) is 4.71. The van der Waals surface area contributed by atoms with Crippen molar-refractivity contribution in [2.75, 3.05) is 52.1 Å². The van der Waals surface area contributed by atoms with Crippen molar-refractivity contribution in [3.63, 3.8) is 0 Å². The normalized spacial score (nSPS) is 25.1. The van der Waals surface area contributed by atoms with Crippen LogP contribution in [0.3, 0.4) is 0 Å². The van der Waals surface area contributed by atoms with E-state index in [0.29, 0.717) is 25.5 Å². The number of nitrogens with one attached hydrogen (secondary N) is 3. The van der Waals surface area contributed by atoms with Gasteiger partial charge in [0.15, 0.2) is 5.96 Å². The van der Waals surface area contributed by atoms with Crippen molar-refractivity contribution in [2.45, 2.75) is 44.0 Å². The molecule has 164 valence electrons. The summed E-state index contributed by atoms with van der Waals surface area (Å²) in [5, 5.41) is 5.95. The molecule has 0 radical (unpaired) electrons. The van der Waals surface area contributed by atoms with Crippen LogP contribution in [0.15, 0.2) is 4.99 Å². The van der Waals surface area contributed by atoms with Gasteiger partial charge in [0.05, 0.1) is 18.4 Å². The smallest absolute Gasteiger partial charge is 0.377 e. The van der Waals surface area contributed by atoms with Gasteiger partial charge in [0.2, 0.25) is 10.0 Å². The van der Waals surface area contributed by atoms with Crippen LogP contribution in [0.4, 0.5) is 13.2 Å². The first-order chi connectivity index (χ1) is 13.2. The highest BCUT2D eigenvalue weighted by atomic mass is 32.2. The van der Waals surface area contributed by atoms with Crippen molar-refractivity contribution in [1.82, 2.24) is 20.3 Å². The van der Waals surface area contributed by atoms with Crippen molar-refractivity contribution in [2.24, 2.45) is 4.99 Å². The van der Waals surface area contributed by atoms with Crippen LogP contribution in [0.25, 0.3) is 0 Å². The number of likely N-dealkylation sites (tertiary alicyclic amines) is 1. The number of hydrogen-bond acceptors (Lipinski definition) is 5. The zero-order chi connectivity index (χ0) is 20.6. The van der Waals surface area contributed by atoms with Gasteiger partial charge in [0.25, 0.3) is 0 Å². The molecule has 2 saturated heterocycles. The number of halogens is 3. The molecule has 2 rings (SSSR count). The summed E-state index contributed by atoms with van der Waals surface area (Å²) in [4.78, 5) is 5.35. The monoisotopic (exact) mass is 429 g/mol. The van der Waals surface area contributed by atoms with Crippen LogP contribution >= 0.6 is 0 Å². The van der Waals surface area contributed by atoms with Crippen LogP contribution in [-0.4, -0.2) is 89.7 Å². The number of rotatable bonds is 8. The predicted octanol–water partition coefficient (Wildman–Crippen LogP) is 0.277. The standard InChI is InChI=1S/C16H30F3N5O3S/c1-20-15(23-13-5-7-24(11-13)12-16(17,18)19)21-6-9-28(25,26)22-10-14-4-2-3-8-27-14/h13-14,22H,2-12H2,1H3,(H2,20,21,23). The summed E-state index contributed by atoms with van der Waals surface area (Å²) in [5.74, 6) is 0.246. The minimum atomic E-state index is -4.21. The molecule has 0 aliphatic carbocycles.